The van der Waals surface area contributed by atoms with Gasteiger partial charge in [0.2, 0.25) is 0 Å². The predicted octanol–water partition coefficient (Wildman–Crippen LogP) is 0.879. The Balaban J connectivity index is 2.28. The number of hydrogen-bond donors (Lipinski definition) is 1. The summed E-state index contributed by atoms with van der Waals surface area (Å²) in [5.41, 5.74) is 0. The molecule has 1 unspecified atom stereocenters. The molecular formula is C7H9FN2O. The van der Waals surface area contributed by atoms with Crippen LogP contribution in [0.1, 0.15) is 12.2 Å². The fraction of sp³-hybridized carbons (Fsp3) is 0.429. The molecule has 11 heavy (non-hydrogen) atoms. The number of nitrogens with zero attached hydrogens (tertiary/aromatic N) is 1. The first-order chi connectivity index (χ1) is 5.33. The summed E-state index contributed by atoms with van der Waals surface area (Å²) in [5, 5.41) is 0. The Kier molecular flexibility index (Phi) is 2.77. The number of aldehydes is 1. The molecule has 0 aliphatic rings. The summed E-state index contributed by atoms with van der Waals surface area (Å²) < 4.78 is 12.3. The zero-order valence-corrected chi connectivity index (χ0v) is 5.96. The van der Waals surface area contributed by atoms with Gasteiger partial charge in [0.25, 0.3) is 0 Å². The van der Waals surface area contributed by atoms with Crippen LogP contribution in [0.4, 0.5) is 4.39 Å². The van der Waals surface area contributed by atoms with Crippen molar-refractivity contribution in [3.8, 4) is 0 Å². The smallest absolute Gasteiger partial charge is 0.156 e. The molecule has 0 aromatic carbocycles. The Morgan fingerprint density at radius 2 is 2.64 bits per heavy atom. The van der Waals surface area contributed by atoms with Crippen molar-refractivity contribution in [3.05, 3.63) is 18.2 Å². The number of H-pyrrole nitrogens is 1. The van der Waals surface area contributed by atoms with Crippen LogP contribution >= 0.6 is 0 Å². The van der Waals surface area contributed by atoms with E-state index in [0.29, 0.717) is 12.7 Å². The molecule has 0 bridgehead atoms. The monoisotopic (exact) mass is 156 g/mol. The van der Waals surface area contributed by atoms with Gasteiger partial charge in [0.05, 0.1) is 0 Å². The molecule has 0 fully saturated rings. The van der Waals surface area contributed by atoms with Gasteiger partial charge in [0, 0.05) is 18.8 Å². The van der Waals surface area contributed by atoms with Crippen molar-refractivity contribution in [2.24, 2.45) is 0 Å². The second-order valence-electron chi connectivity index (χ2n) is 2.23. The average molecular weight is 156 g/mol. The molecule has 0 saturated carbocycles. The summed E-state index contributed by atoms with van der Waals surface area (Å²) in [4.78, 5) is 16.6. The lowest BCUT2D eigenvalue weighted by atomic mass is 10.2. The minimum absolute atomic E-state index is 0.205. The molecule has 4 heteroatoms. The number of alkyl halides is 1. The lowest BCUT2D eigenvalue weighted by molar-refractivity contribution is -0.112. The summed E-state index contributed by atoms with van der Waals surface area (Å²) in [6, 6.07) is 0. The number of halogens is 1. The maximum atomic E-state index is 12.3. The number of aromatic nitrogens is 2. The predicted molar refractivity (Wildman–Crippen MR) is 37.9 cm³/mol. The molecule has 0 amide bonds. The number of carbonyl (C=O) groups is 1. The van der Waals surface area contributed by atoms with E-state index in [2.05, 4.69) is 9.97 Å². The zero-order chi connectivity index (χ0) is 8.10. The molecule has 1 aromatic rings. The fourth-order valence-corrected chi connectivity index (χ4v) is 0.777. The van der Waals surface area contributed by atoms with E-state index in [4.69, 9.17) is 0 Å². The minimum Gasteiger partial charge on any atom is -0.349 e. The molecule has 0 saturated heterocycles. The molecule has 1 rings (SSSR count). The highest BCUT2D eigenvalue weighted by Crippen LogP contribution is 2.00. The Hall–Kier alpha value is -1.19. The van der Waals surface area contributed by atoms with Gasteiger partial charge in [-0.1, -0.05) is 0 Å². The van der Waals surface area contributed by atoms with Gasteiger partial charge in [-0.2, -0.15) is 0 Å². The van der Waals surface area contributed by atoms with Gasteiger partial charge in [-0.05, 0) is 6.42 Å². The third-order valence-corrected chi connectivity index (χ3v) is 1.36. The number of aryl methyl sites for hydroxylation is 1. The lowest BCUT2D eigenvalue weighted by Gasteiger charge is -1.96. The van der Waals surface area contributed by atoms with E-state index in [1.807, 2.05) is 0 Å². The normalized spacial score (nSPS) is 12.8. The van der Waals surface area contributed by atoms with Crippen molar-refractivity contribution in [2.45, 2.75) is 19.0 Å². The molecule has 60 valence electrons. The van der Waals surface area contributed by atoms with E-state index in [0.717, 1.165) is 5.82 Å². The Morgan fingerprint density at radius 1 is 1.82 bits per heavy atom. The number of imidazole rings is 1. The van der Waals surface area contributed by atoms with Crippen LogP contribution in [-0.4, -0.2) is 22.4 Å². The van der Waals surface area contributed by atoms with Gasteiger partial charge in [-0.25, -0.2) is 9.37 Å². The molecular weight excluding hydrogens is 147 g/mol. The van der Waals surface area contributed by atoms with Crippen LogP contribution < -0.4 is 0 Å². The van der Waals surface area contributed by atoms with E-state index in [9.17, 15) is 9.18 Å². The highest BCUT2D eigenvalue weighted by molar-refractivity contribution is 5.55. The highest BCUT2D eigenvalue weighted by Gasteiger charge is 2.04. The van der Waals surface area contributed by atoms with E-state index in [1.165, 1.54) is 0 Å². The van der Waals surface area contributed by atoms with Gasteiger partial charge in [-0.3, -0.25) is 0 Å². The van der Waals surface area contributed by atoms with Crippen molar-refractivity contribution in [1.82, 2.24) is 9.97 Å². The number of rotatable bonds is 4. The van der Waals surface area contributed by atoms with E-state index < -0.39 is 6.17 Å². The van der Waals surface area contributed by atoms with Crippen molar-refractivity contribution in [3.63, 3.8) is 0 Å². The van der Waals surface area contributed by atoms with Crippen LogP contribution in [0, 0.1) is 0 Å². The summed E-state index contributed by atoms with van der Waals surface area (Å²) in [7, 11) is 0. The topological polar surface area (TPSA) is 45.8 Å². The van der Waals surface area contributed by atoms with Crippen LogP contribution in [-0.2, 0) is 11.2 Å². The number of hydrogen-bond acceptors (Lipinski definition) is 2. The number of aromatic amines is 1. The molecule has 0 aliphatic heterocycles. The second-order valence-corrected chi connectivity index (χ2v) is 2.23. The summed E-state index contributed by atoms with van der Waals surface area (Å²) in [5.74, 6) is 0.717. The molecule has 1 atom stereocenters. The van der Waals surface area contributed by atoms with Gasteiger partial charge in [-0.15, -0.1) is 0 Å². The van der Waals surface area contributed by atoms with Gasteiger partial charge >= 0.3 is 0 Å². The first-order valence-electron chi connectivity index (χ1n) is 3.40. The number of nitrogens with one attached hydrogen (secondary N) is 1. The second kappa shape index (κ2) is 3.85. The molecule has 1 aromatic heterocycles. The van der Waals surface area contributed by atoms with Crippen LogP contribution in [0.2, 0.25) is 0 Å². The zero-order valence-electron chi connectivity index (χ0n) is 5.96. The molecule has 3 nitrogen and oxygen atoms in total. The Bertz CT molecular complexity index is 210. The molecule has 0 aliphatic carbocycles. The van der Waals surface area contributed by atoms with E-state index in [1.54, 1.807) is 12.4 Å². The average Bonchev–Trinajstić information content (AvgIpc) is 2.52. The third kappa shape index (κ3) is 2.49. The lowest BCUT2D eigenvalue weighted by Crippen LogP contribution is -2.03. The summed E-state index contributed by atoms with van der Waals surface area (Å²) in [6.07, 6.45) is 2.90. The first kappa shape index (κ1) is 7.91. The molecule has 1 heterocycles. The third-order valence-electron chi connectivity index (χ3n) is 1.36. The van der Waals surface area contributed by atoms with Gasteiger partial charge in [0.1, 0.15) is 5.82 Å². The first-order valence-corrected chi connectivity index (χ1v) is 3.40. The largest absolute Gasteiger partial charge is 0.349 e. The van der Waals surface area contributed by atoms with Crippen LogP contribution in [0.25, 0.3) is 0 Å². The fourth-order valence-electron chi connectivity index (χ4n) is 0.777. The molecule has 0 spiro atoms. The molecule has 0 radical (unpaired) electrons. The Morgan fingerprint density at radius 3 is 3.18 bits per heavy atom. The Labute approximate surface area is 63.6 Å². The maximum Gasteiger partial charge on any atom is 0.156 e. The van der Waals surface area contributed by atoms with Crippen molar-refractivity contribution in [2.75, 3.05) is 0 Å². The van der Waals surface area contributed by atoms with Gasteiger partial charge < -0.3 is 9.78 Å². The van der Waals surface area contributed by atoms with Crippen molar-refractivity contribution >= 4 is 6.29 Å². The van der Waals surface area contributed by atoms with Crippen LogP contribution in [0.5, 0.6) is 0 Å². The number of carbonyl (C=O) groups excluding carboxylic acids is 1. The van der Waals surface area contributed by atoms with Crippen LogP contribution in [0.3, 0.4) is 0 Å². The minimum atomic E-state index is -1.36. The molecule has 1 N–H and O–H groups in total. The summed E-state index contributed by atoms with van der Waals surface area (Å²) >= 11 is 0. The maximum absolute atomic E-state index is 12.3. The SMILES string of the molecule is O=CC(F)CCc1ncc[nH]1. The van der Waals surface area contributed by atoms with E-state index >= 15 is 0 Å². The standard InChI is InChI=1S/C7H9FN2O/c8-6(5-11)1-2-7-9-3-4-10-7/h3-6H,1-2H2,(H,9,10). The van der Waals surface area contributed by atoms with Crippen molar-refractivity contribution < 1.29 is 9.18 Å². The van der Waals surface area contributed by atoms with Crippen molar-refractivity contribution in [1.29, 1.82) is 0 Å². The quantitative estimate of drug-likeness (QED) is 0.658. The summed E-state index contributed by atoms with van der Waals surface area (Å²) in [6.45, 7) is 0. The van der Waals surface area contributed by atoms with Gasteiger partial charge in [0.15, 0.2) is 12.5 Å². The van der Waals surface area contributed by atoms with Crippen LogP contribution in [0.15, 0.2) is 12.4 Å². The highest BCUT2D eigenvalue weighted by atomic mass is 19.1. The van der Waals surface area contributed by atoms with E-state index in [-0.39, 0.29) is 6.42 Å².